The second-order valence-corrected chi connectivity index (χ2v) is 6.89. The predicted molar refractivity (Wildman–Crippen MR) is 79.1 cm³/mol. The van der Waals surface area contributed by atoms with Crippen molar-refractivity contribution >= 4 is 22.1 Å². The molecule has 0 saturated heterocycles. The second kappa shape index (κ2) is 19.4. The van der Waals surface area contributed by atoms with Crippen molar-refractivity contribution in [2.24, 2.45) is 0 Å². The van der Waals surface area contributed by atoms with Crippen molar-refractivity contribution in [2.45, 2.75) is 47.0 Å². The summed E-state index contributed by atoms with van der Waals surface area (Å²) in [5.41, 5.74) is 0. The molecule has 0 aromatic heterocycles. The van der Waals surface area contributed by atoms with E-state index in [0.29, 0.717) is 7.92 Å². The van der Waals surface area contributed by atoms with E-state index in [9.17, 15) is 0 Å². The molecule has 0 aliphatic heterocycles. The van der Waals surface area contributed by atoms with E-state index >= 15 is 0 Å². The van der Waals surface area contributed by atoms with Crippen molar-refractivity contribution in [1.82, 2.24) is 0 Å². The minimum Gasteiger partial charge on any atom is -0.481 e. The Morgan fingerprint density at radius 1 is 1.00 bits per heavy atom. The molecule has 0 fully saturated rings. The van der Waals surface area contributed by atoms with Crippen LogP contribution in [0.5, 0.6) is 0 Å². The predicted octanol–water partition coefficient (Wildman–Crippen LogP) is 3.15. The summed E-state index contributed by atoms with van der Waals surface area (Å²) < 4.78 is 8.74. The van der Waals surface area contributed by atoms with Crippen LogP contribution < -0.4 is 0 Å². The molecule has 0 radical (unpaired) electrons. The van der Waals surface area contributed by atoms with Gasteiger partial charge in [-0.25, -0.2) is 0 Å². The molecular formula is C11H28O5P2. The van der Waals surface area contributed by atoms with Gasteiger partial charge in [-0.05, 0) is 18.5 Å². The standard InChI is InChI=1S/C9H21P.C2H4O2.H3O3P/c1-4-7-10(8-5-2)9-6-3;1-2(3)4;1-4(2)3/h4-9H2,1-3H3;1H3,(H,3,4);4H,(H2,1,2,3). The second-order valence-electron chi connectivity index (χ2n) is 3.64. The quantitative estimate of drug-likeness (QED) is 0.655. The minimum absolute atomic E-state index is 0.439. The lowest BCUT2D eigenvalue weighted by atomic mass is 10.6. The number of aliphatic carboxylic acids is 1. The molecule has 7 heteroatoms. The molecule has 0 atom stereocenters. The van der Waals surface area contributed by atoms with Gasteiger partial charge in [0, 0.05) is 6.92 Å². The third-order valence-electron chi connectivity index (χ3n) is 1.62. The molecule has 18 heavy (non-hydrogen) atoms. The molecule has 0 aromatic carbocycles. The Bertz CT molecular complexity index is 166. The van der Waals surface area contributed by atoms with E-state index in [-0.39, 0.29) is 0 Å². The van der Waals surface area contributed by atoms with Gasteiger partial charge in [-0.1, -0.05) is 40.0 Å². The molecule has 112 valence electrons. The van der Waals surface area contributed by atoms with Crippen molar-refractivity contribution in [3.05, 3.63) is 0 Å². The monoisotopic (exact) mass is 302 g/mol. The molecule has 0 spiro atoms. The van der Waals surface area contributed by atoms with Crippen molar-refractivity contribution in [1.29, 1.82) is 0 Å². The van der Waals surface area contributed by atoms with Crippen molar-refractivity contribution in [3.8, 4) is 0 Å². The average Bonchev–Trinajstić information content (AvgIpc) is 2.17. The summed E-state index contributed by atoms with van der Waals surface area (Å²) in [6, 6.07) is 0. The lowest BCUT2D eigenvalue weighted by Gasteiger charge is -2.13. The lowest BCUT2D eigenvalue weighted by Crippen LogP contribution is -1.92. The third-order valence-corrected chi connectivity index (χ3v) is 4.86. The van der Waals surface area contributed by atoms with Crippen LogP contribution in [0.15, 0.2) is 0 Å². The average molecular weight is 302 g/mol. The Labute approximate surface area is 112 Å². The highest BCUT2D eigenvalue weighted by molar-refractivity contribution is 7.57. The molecule has 0 unspecified atom stereocenters. The lowest BCUT2D eigenvalue weighted by molar-refractivity contribution is -0.134. The highest BCUT2D eigenvalue weighted by Crippen LogP contribution is 2.37. The SMILES string of the molecule is CC(=O)O.CCCP(CCC)CCC.O=[PH](O)O. The first kappa shape index (κ1) is 23.2. The number of hydrogen-bond acceptors (Lipinski definition) is 2. The number of carboxylic acid groups (broad SMARTS) is 1. The maximum atomic E-state index is 9.00. The van der Waals surface area contributed by atoms with Gasteiger partial charge >= 0.3 is 8.25 Å². The summed E-state index contributed by atoms with van der Waals surface area (Å²) in [6.45, 7) is 8.00. The van der Waals surface area contributed by atoms with Crippen LogP contribution in [0.4, 0.5) is 0 Å². The Morgan fingerprint density at radius 3 is 1.28 bits per heavy atom. The largest absolute Gasteiger partial charge is 0.481 e. The molecule has 0 saturated carbocycles. The van der Waals surface area contributed by atoms with Gasteiger partial charge < -0.3 is 14.9 Å². The van der Waals surface area contributed by atoms with Crippen LogP contribution in [0, 0.1) is 0 Å². The van der Waals surface area contributed by atoms with E-state index < -0.39 is 14.2 Å². The third kappa shape index (κ3) is 44.4. The van der Waals surface area contributed by atoms with E-state index in [1.54, 1.807) is 0 Å². The maximum absolute atomic E-state index is 9.00. The first-order valence-corrected chi connectivity index (χ1v) is 9.35. The van der Waals surface area contributed by atoms with E-state index in [2.05, 4.69) is 20.8 Å². The van der Waals surface area contributed by atoms with Crippen molar-refractivity contribution in [3.63, 3.8) is 0 Å². The zero-order valence-corrected chi connectivity index (χ0v) is 13.7. The topological polar surface area (TPSA) is 94.8 Å². The molecule has 0 amide bonds. The molecule has 0 rings (SSSR count). The summed E-state index contributed by atoms with van der Waals surface area (Å²) in [4.78, 5) is 23.3. The highest BCUT2D eigenvalue weighted by atomic mass is 31.1. The molecule has 3 N–H and O–H groups in total. The molecular weight excluding hydrogens is 274 g/mol. The van der Waals surface area contributed by atoms with Crippen LogP contribution in [-0.2, 0) is 9.36 Å². The molecule has 5 nitrogen and oxygen atoms in total. The Hall–Kier alpha value is 0.0500. The fourth-order valence-corrected chi connectivity index (χ4v) is 3.85. The first-order valence-electron chi connectivity index (χ1n) is 6.15. The van der Waals surface area contributed by atoms with Gasteiger partial charge in [0.25, 0.3) is 5.97 Å². The van der Waals surface area contributed by atoms with Crippen LogP contribution >= 0.6 is 16.2 Å². The summed E-state index contributed by atoms with van der Waals surface area (Å²) >= 11 is 0. The van der Waals surface area contributed by atoms with E-state index in [1.807, 2.05) is 0 Å². The van der Waals surface area contributed by atoms with Gasteiger partial charge in [-0.2, -0.15) is 0 Å². The highest BCUT2D eigenvalue weighted by Gasteiger charge is 2.02. The zero-order chi connectivity index (χ0) is 15.0. The van der Waals surface area contributed by atoms with E-state index in [1.165, 1.54) is 37.7 Å². The number of carbonyl (C=O) groups is 1. The van der Waals surface area contributed by atoms with Crippen LogP contribution in [-0.4, -0.2) is 39.3 Å². The number of carboxylic acids is 1. The van der Waals surface area contributed by atoms with Gasteiger partial charge in [0.1, 0.15) is 0 Å². The van der Waals surface area contributed by atoms with Crippen molar-refractivity contribution in [2.75, 3.05) is 18.5 Å². The molecule has 0 heterocycles. The Morgan fingerprint density at radius 2 is 1.17 bits per heavy atom. The minimum atomic E-state index is -3.13. The number of hydrogen-bond donors (Lipinski definition) is 3. The summed E-state index contributed by atoms with van der Waals surface area (Å²) in [6.07, 6.45) is 8.72. The molecule has 0 bridgehead atoms. The fourth-order valence-electron chi connectivity index (χ4n) is 1.28. The van der Waals surface area contributed by atoms with Crippen LogP contribution in [0.25, 0.3) is 0 Å². The Balaban J connectivity index is -0.000000233. The van der Waals surface area contributed by atoms with Gasteiger partial charge in [0.2, 0.25) is 0 Å². The van der Waals surface area contributed by atoms with E-state index in [0.717, 1.165) is 6.92 Å². The summed E-state index contributed by atoms with van der Waals surface area (Å²) in [5, 5.41) is 7.42. The van der Waals surface area contributed by atoms with Gasteiger partial charge in [-0.3, -0.25) is 9.36 Å². The van der Waals surface area contributed by atoms with Crippen LogP contribution in [0.1, 0.15) is 47.0 Å². The zero-order valence-electron chi connectivity index (χ0n) is 11.8. The normalized spacial score (nSPS) is 9.33. The summed E-state index contributed by atoms with van der Waals surface area (Å²) in [7, 11) is -2.69. The van der Waals surface area contributed by atoms with Gasteiger partial charge in [0.05, 0.1) is 0 Å². The number of rotatable bonds is 6. The Kier molecular flexibility index (Phi) is 25.0. The van der Waals surface area contributed by atoms with E-state index in [4.69, 9.17) is 24.3 Å². The molecule has 0 aliphatic rings. The smallest absolute Gasteiger partial charge is 0.314 e. The molecule has 0 aromatic rings. The fraction of sp³-hybridized carbons (Fsp3) is 0.909. The van der Waals surface area contributed by atoms with Gasteiger partial charge in [0.15, 0.2) is 0 Å². The van der Waals surface area contributed by atoms with Crippen molar-refractivity contribution < 1.29 is 24.3 Å². The molecule has 0 aliphatic carbocycles. The first-order chi connectivity index (χ1) is 8.31. The van der Waals surface area contributed by atoms with Crippen LogP contribution in [0.2, 0.25) is 0 Å². The van der Waals surface area contributed by atoms with Crippen LogP contribution in [0.3, 0.4) is 0 Å². The summed E-state index contributed by atoms with van der Waals surface area (Å²) in [5.74, 6) is -0.833. The maximum Gasteiger partial charge on any atom is 0.314 e. The van der Waals surface area contributed by atoms with Gasteiger partial charge in [-0.15, -0.1) is 7.92 Å².